The SMILES string of the molecule is CCNc1nnc2c1sc1n[nH]c(C)c(C)c12. The van der Waals surface area contributed by atoms with Crippen molar-refractivity contribution in [3.63, 3.8) is 0 Å². The van der Waals surface area contributed by atoms with Crippen LogP contribution in [-0.2, 0) is 0 Å². The van der Waals surface area contributed by atoms with Gasteiger partial charge in [-0.2, -0.15) is 5.10 Å². The summed E-state index contributed by atoms with van der Waals surface area (Å²) in [5.41, 5.74) is 3.23. The van der Waals surface area contributed by atoms with Crippen LogP contribution in [0, 0.1) is 13.8 Å². The summed E-state index contributed by atoms with van der Waals surface area (Å²) < 4.78 is 1.09. The zero-order chi connectivity index (χ0) is 12.0. The molecule has 0 bridgehead atoms. The maximum Gasteiger partial charge on any atom is 0.168 e. The molecule has 17 heavy (non-hydrogen) atoms. The molecule has 0 saturated heterocycles. The Morgan fingerprint density at radius 2 is 2.12 bits per heavy atom. The Morgan fingerprint density at radius 1 is 1.29 bits per heavy atom. The van der Waals surface area contributed by atoms with Gasteiger partial charge in [0, 0.05) is 17.6 Å². The molecule has 6 heteroatoms. The van der Waals surface area contributed by atoms with Crippen LogP contribution in [0.4, 0.5) is 5.82 Å². The van der Waals surface area contributed by atoms with Crippen LogP contribution in [0.15, 0.2) is 0 Å². The van der Waals surface area contributed by atoms with Crippen molar-refractivity contribution in [2.75, 3.05) is 11.9 Å². The summed E-state index contributed by atoms with van der Waals surface area (Å²) in [5.74, 6) is 0.863. The summed E-state index contributed by atoms with van der Waals surface area (Å²) in [4.78, 5) is 0.993. The lowest BCUT2D eigenvalue weighted by molar-refractivity contribution is 1.01. The molecule has 3 heterocycles. The average Bonchev–Trinajstić information content (AvgIpc) is 2.84. The van der Waals surface area contributed by atoms with E-state index in [4.69, 9.17) is 0 Å². The molecule has 0 unspecified atom stereocenters. The molecule has 2 N–H and O–H groups in total. The third kappa shape index (κ3) is 1.40. The minimum absolute atomic E-state index is 0.847. The van der Waals surface area contributed by atoms with Crippen molar-refractivity contribution < 1.29 is 0 Å². The fourth-order valence-electron chi connectivity index (χ4n) is 1.92. The quantitative estimate of drug-likeness (QED) is 0.730. The number of rotatable bonds is 2. The average molecular weight is 247 g/mol. The van der Waals surface area contributed by atoms with E-state index in [9.17, 15) is 0 Å². The van der Waals surface area contributed by atoms with E-state index in [1.54, 1.807) is 11.3 Å². The highest BCUT2D eigenvalue weighted by atomic mass is 32.1. The number of aromatic amines is 1. The number of aryl methyl sites for hydroxylation is 2. The van der Waals surface area contributed by atoms with Crippen LogP contribution in [0.3, 0.4) is 0 Å². The normalized spacial score (nSPS) is 11.5. The summed E-state index contributed by atoms with van der Waals surface area (Å²) in [6.07, 6.45) is 0. The van der Waals surface area contributed by atoms with Crippen LogP contribution in [0.1, 0.15) is 18.2 Å². The van der Waals surface area contributed by atoms with Gasteiger partial charge in [-0.1, -0.05) is 0 Å². The van der Waals surface area contributed by atoms with Gasteiger partial charge in [0.1, 0.15) is 15.0 Å². The molecule has 0 radical (unpaired) electrons. The molecule has 5 nitrogen and oxygen atoms in total. The Hall–Kier alpha value is -1.69. The molecule has 0 atom stereocenters. The van der Waals surface area contributed by atoms with E-state index in [1.807, 2.05) is 6.92 Å². The van der Waals surface area contributed by atoms with Crippen LogP contribution >= 0.6 is 11.3 Å². The van der Waals surface area contributed by atoms with Crippen molar-refractivity contribution in [2.24, 2.45) is 0 Å². The molecule has 0 aliphatic heterocycles. The molecule has 0 amide bonds. The first-order valence-corrected chi connectivity index (χ1v) is 6.38. The summed E-state index contributed by atoms with van der Waals surface area (Å²) in [6, 6.07) is 0. The summed E-state index contributed by atoms with van der Waals surface area (Å²) >= 11 is 1.63. The zero-order valence-corrected chi connectivity index (χ0v) is 10.8. The largest absolute Gasteiger partial charge is 0.368 e. The summed E-state index contributed by atoms with van der Waals surface area (Å²) in [5, 5.41) is 20.2. The molecule has 3 aromatic rings. The molecule has 0 fully saturated rings. The maximum absolute atomic E-state index is 4.35. The van der Waals surface area contributed by atoms with Gasteiger partial charge in [-0.15, -0.1) is 21.5 Å². The minimum atomic E-state index is 0.847. The maximum atomic E-state index is 4.35. The highest BCUT2D eigenvalue weighted by molar-refractivity contribution is 7.26. The molecule has 3 rings (SSSR count). The van der Waals surface area contributed by atoms with Gasteiger partial charge in [0.25, 0.3) is 0 Å². The van der Waals surface area contributed by atoms with Crippen LogP contribution in [0.25, 0.3) is 20.4 Å². The number of H-pyrrole nitrogens is 1. The minimum Gasteiger partial charge on any atom is -0.368 e. The lowest BCUT2D eigenvalue weighted by Gasteiger charge is -1.99. The molecule has 0 spiro atoms. The third-order valence-electron chi connectivity index (χ3n) is 2.94. The fraction of sp³-hybridized carbons (Fsp3) is 0.364. The number of hydrogen-bond donors (Lipinski definition) is 2. The van der Waals surface area contributed by atoms with Crippen LogP contribution in [-0.4, -0.2) is 26.9 Å². The summed E-state index contributed by atoms with van der Waals surface area (Å²) in [7, 11) is 0. The van der Waals surface area contributed by atoms with Crippen molar-refractivity contribution in [1.29, 1.82) is 0 Å². The van der Waals surface area contributed by atoms with Gasteiger partial charge in [-0.25, -0.2) is 0 Å². The molecular formula is C11H13N5S. The Labute approximate surface area is 102 Å². The predicted octanol–water partition coefficient (Wildman–Crippen LogP) is 2.62. The van der Waals surface area contributed by atoms with Gasteiger partial charge < -0.3 is 5.32 Å². The monoisotopic (exact) mass is 247 g/mol. The fourth-order valence-corrected chi connectivity index (χ4v) is 3.00. The Balaban J connectivity index is 2.39. The number of nitrogens with zero attached hydrogens (tertiary/aromatic N) is 3. The van der Waals surface area contributed by atoms with Crippen molar-refractivity contribution >= 4 is 37.6 Å². The van der Waals surface area contributed by atoms with E-state index in [0.717, 1.165) is 38.5 Å². The van der Waals surface area contributed by atoms with Gasteiger partial charge in [-0.3, -0.25) is 5.10 Å². The molecular weight excluding hydrogens is 234 g/mol. The second kappa shape index (κ2) is 3.66. The van der Waals surface area contributed by atoms with Crippen LogP contribution in [0.5, 0.6) is 0 Å². The number of aromatic nitrogens is 4. The van der Waals surface area contributed by atoms with E-state index in [2.05, 4.69) is 39.6 Å². The zero-order valence-electron chi connectivity index (χ0n) is 9.96. The number of anilines is 1. The van der Waals surface area contributed by atoms with Crippen molar-refractivity contribution in [1.82, 2.24) is 20.4 Å². The third-order valence-corrected chi connectivity index (χ3v) is 4.02. The standard InChI is InChI=1S/C11H13N5S/c1-4-12-10-9-8(14-15-10)7-5(2)6(3)13-16-11(7)17-9/h12-13H,4H2,1-3H3. The summed E-state index contributed by atoms with van der Waals surface area (Å²) in [6.45, 7) is 7.01. The first kappa shape index (κ1) is 10.5. The molecule has 0 aliphatic rings. The number of hydrogen-bond acceptors (Lipinski definition) is 5. The van der Waals surface area contributed by atoms with Crippen molar-refractivity contribution in [2.45, 2.75) is 20.8 Å². The van der Waals surface area contributed by atoms with Gasteiger partial charge >= 0.3 is 0 Å². The second-order valence-corrected chi connectivity index (χ2v) is 5.01. The first-order chi connectivity index (χ1) is 8.22. The lowest BCUT2D eigenvalue weighted by Crippen LogP contribution is -1.96. The topological polar surface area (TPSA) is 66.5 Å². The van der Waals surface area contributed by atoms with Gasteiger partial charge in [0.05, 0.1) is 0 Å². The lowest BCUT2D eigenvalue weighted by atomic mass is 10.1. The first-order valence-electron chi connectivity index (χ1n) is 5.56. The highest BCUT2D eigenvalue weighted by Gasteiger charge is 2.16. The smallest absolute Gasteiger partial charge is 0.168 e. The number of nitrogens with one attached hydrogen (secondary N) is 2. The molecule has 0 saturated carbocycles. The van der Waals surface area contributed by atoms with Gasteiger partial charge in [0.15, 0.2) is 5.82 Å². The molecule has 88 valence electrons. The van der Waals surface area contributed by atoms with E-state index < -0.39 is 0 Å². The van der Waals surface area contributed by atoms with Gasteiger partial charge in [-0.05, 0) is 26.3 Å². The Bertz CT molecular complexity index is 697. The van der Waals surface area contributed by atoms with Gasteiger partial charge in [0.2, 0.25) is 0 Å². The van der Waals surface area contributed by atoms with Crippen molar-refractivity contribution in [3.05, 3.63) is 11.3 Å². The number of thiophene rings is 1. The van der Waals surface area contributed by atoms with Crippen LogP contribution in [0.2, 0.25) is 0 Å². The highest BCUT2D eigenvalue weighted by Crippen LogP contribution is 2.37. The van der Waals surface area contributed by atoms with E-state index in [0.29, 0.717) is 0 Å². The Morgan fingerprint density at radius 3 is 2.88 bits per heavy atom. The number of fused-ring (bicyclic) bond motifs is 3. The van der Waals surface area contributed by atoms with Crippen LogP contribution < -0.4 is 5.32 Å². The predicted molar refractivity (Wildman–Crippen MR) is 70.7 cm³/mol. The van der Waals surface area contributed by atoms with E-state index in [1.165, 1.54) is 5.56 Å². The van der Waals surface area contributed by atoms with E-state index in [-0.39, 0.29) is 0 Å². The van der Waals surface area contributed by atoms with E-state index >= 15 is 0 Å². The Kier molecular flexibility index (Phi) is 2.25. The second-order valence-electron chi connectivity index (χ2n) is 4.01. The molecule has 0 aliphatic carbocycles. The molecule has 0 aromatic carbocycles. The van der Waals surface area contributed by atoms with Crippen molar-refractivity contribution in [3.8, 4) is 0 Å². The molecule has 3 aromatic heterocycles.